The molecule has 0 N–H and O–H groups in total. The number of aryl methyl sites for hydroxylation is 1. The van der Waals surface area contributed by atoms with Crippen LogP contribution in [-0.4, -0.2) is 31.3 Å². The fourth-order valence-electron chi connectivity index (χ4n) is 3.01. The summed E-state index contributed by atoms with van der Waals surface area (Å²) < 4.78 is 14.6. The molecule has 1 aromatic carbocycles. The molecule has 0 saturated carbocycles. The molecule has 4 rings (SSSR count). The van der Waals surface area contributed by atoms with E-state index in [0.717, 1.165) is 47.2 Å². The van der Waals surface area contributed by atoms with Crippen LogP contribution in [0.1, 0.15) is 37.5 Å². The largest absolute Gasteiger partial charge is 0.454 e. The van der Waals surface area contributed by atoms with E-state index < -0.39 is 0 Å². The van der Waals surface area contributed by atoms with Gasteiger partial charge in [0.25, 0.3) is 0 Å². The van der Waals surface area contributed by atoms with Crippen molar-refractivity contribution in [2.24, 2.45) is 13.0 Å². The van der Waals surface area contributed by atoms with Crippen molar-refractivity contribution in [2.75, 3.05) is 6.79 Å². The predicted octanol–water partition coefficient (Wildman–Crippen LogP) is 2.91. The summed E-state index contributed by atoms with van der Waals surface area (Å²) in [6.45, 7) is 4.70. The van der Waals surface area contributed by atoms with Crippen LogP contribution in [-0.2, 0) is 19.9 Å². The summed E-state index contributed by atoms with van der Waals surface area (Å²) in [5, 5.41) is 9.01. The van der Waals surface area contributed by atoms with Crippen molar-refractivity contribution < 1.29 is 9.47 Å². The summed E-state index contributed by atoms with van der Waals surface area (Å²) in [4.78, 5) is 4.82. The molecule has 136 valence electrons. The number of aromatic nitrogens is 5. The van der Waals surface area contributed by atoms with Gasteiger partial charge in [0, 0.05) is 19.9 Å². The average molecular weight is 353 g/mol. The molecule has 0 amide bonds. The Morgan fingerprint density at radius 3 is 2.85 bits per heavy atom. The number of fused-ring (bicyclic) bond motifs is 1. The van der Waals surface area contributed by atoms with Crippen molar-refractivity contribution >= 4 is 0 Å². The molecule has 1 aliphatic heterocycles. The number of rotatable bonds is 6. The van der Waals surface area contributed by atoms with E-state index in [9.17, 15) is 0 Å². The summed E-state index contributed by atoms with van der Waals surface area (Å²) >= 11 is 0. The Bertz CT molecular complexity index is 915. The van der Waals surface area contributed by atoms with Crippen LogP contribution >= 0.6 is 0 Å². The van der Waals surface area contributed by atoms with Crippen LogP contribution < -0.4 is 9.47 Å². The van der Waals surface area contributed by atoms with Gasteiger partial charge in [0.1, 0.15) is 11.5 Å². The molecular formula is C19H23N5O2. The second-order valence-corrected chi connectivity index (χ2v) is 6.81. The van der Waals surface area contributed by atoms with E-state index in [1.165, 1.54) is 0 Å². The molecule has 2 aromatic heterocycles. The fraction of sp³-hybridized carbons (Fsp3) is 0.421. The second-order valence-electron chi connectivity index (χ2n) is 6.81. The van der Waals surface area contributed by atoms with E-state index >= 15 is 0 Å². The Balaban J connectivity index is 1.66. The lowest BCUT2D eigenvalue weighted by molar-refractivity contribution is 0.174. The average Bonchev–Trinajstić information content (AvgIpc) is 3.34. The number of nitrogens with zero attached hydrogens (tertiary/aromatic N) is 5. The zero-order valence-electron chi connectivity index (χ0n) is 15.3. The van der Waals surface area contributed by atoms with Gasteiger partial charge in [-0.05, 0) is 23.6 Å². The third-order valence-electron chi connectivity index (χ3n) is 4.68. The van der Waals surface area contributed by atoms with Crippen molar-refractivity contribution in [1.82, 2.24) is 24.5 Å². The third-order valence-corrected chi connectivity index (χ3v) is 4.68. The minimum Gasteiger partial charge on any atom is -0.454 e. The molecule has 1 atom stereocenters. The Morgan fingerprint density at radius 2 is 2.08 bits per heavy atom. The second kappa shape index (κ2) is 6.82. The summed E-state index contributed by atoms with van der Waals surface area (Å²) in [7, 11) is 1.90. The normalized spacial score (nSPS) is 14.0. The maximum atomic E-state index is 5.49. The van der Waals surface area contributed by atoms with E-state index in [0.29, 0.717) is 12.3 Å². The monoisotopic (exact) mass is 353 g/mol. The summed E-state index contributed by atoms with van der Waals surface area (Å²) in [5.41, 5.74) is 2.04. The summed E-state index contributed by atoms with van der Waals surface area (Å²) in [6.07, 6.45) is 6.41. The van der Waals surface area contributed by atoms with E-state index in [-0.39, 0.29) is 6.79 Å². The number of hydrogen-bond donors (Lipinski definition) is 0. The van der Waals surface area contributed by atoms with Gasteiger partial charge in [0.15, 0.2) is 17.3 Å². The Hall–Kier alpha value is -2.83. The molecule has 7 heteroatoms. The fourth-order valence-corrected chi connectivity index (χ4v) is 3.01. The van der Waals surface area contributed by atoms with Gasteiger partial charge in [-0.1, -0.05) is 26.3 Å². The molecule has 0 fully saturated rings. The Kier molecular flexibility index (Phi) is 4.36. The van der Waals surface area contributed by atoms with E-state index in [4.69, 9.17) is 19.6 Å². The Labute approximate surface area is 152 Å². The third kappa shape index (κ3) is 3.29. The molecule has 26 heavy (non-hydrogen) atoms. The van der Waals surface area contributed by atoms with Crippen LogP contribution in [0.3, 0.4) is 0 Å². The zero-order valence-corrected chi connectivity index (χ0v) is 15.3. The van der Waals surface area contributed by atoms with Gasteiger partial charge in [-0.3, -0.25) is 4.68 Å². The maximum absolute atomic E-state index is 5.49. The van der Waals surface area contributed by atoms with Crippen LogP contribution in [0.15, 0.2) is 30.6 Å². The molecule has 3 aromatic rings. The molecule has 1 unspecified atom stereocenters. The molecular weight excluding hydrogens is 330 g/mol. The summed E-state index contributed by atoms with van der Waals surface area (Å²) in [6, 6.07) is 6.01. The lowest BCUT2D eigenvalue weighted by Crippen LogP contribution is -2.03. The smallest absolute Gasteiger partial charge is 0.231 e. The van der Waals surface area contributed by atoms with E-state index in [2.05, 4.69) is 18.9 Å². The minimum absolute atomic E-state index is 0.281. The quantitative estimate of drug-likeness (QED) is 0.682. The molecule has 3 heterocycles. The molecule has 1 aliphatic rings. The SMILES string of the molecule is CCC(C)Cc1nc(Cc2ccc3c(c2)OCO3)n(-c2cnn(C)c2)n1. The molecule has 0 radical (unpaired) electrons. The van der Waals surface area contributed by atoms with Gasteiger partial charge in [0.2, 0.25) is 6.79 Å². The molecule has 0 aliphatic carbocycles. The van der Waals surface area contributed by atoms with E-state index in [1.54, 1.807) is 4.68 Å². The Morgan fingerprint density at radius 1 is 1.23 bits per heavy atom. The molecule has 0 saturated heterocycles. The molecule has 7 nitrogen and oxygen atoms in total. The van der Waals surface area contributed by atoms with Gasteiger partial charge in [-0.25, -0.2) is 9.67 Å². The highest BCUT2D eigenvalue weighted by Gasteiger charge is 2.18. The topological polar surface area (TPSA) is 67.0 Å². The highest BCUT2D eigenvalue weighted by atomic mass is 16.7. The van der Waals surface area contributed by atoms with Crippen molar-refractivity contribution in [2.45, 2.75) is 33.1 Å². The first kappa shape index (κ1) is 16.6. The van der Waals surface area contributed by atoms with Crippen LogP contribution in [0.5, 0.6) is 11.5 Å². The van der Waals surface area contributed by atoms with Gasteiger partial charge < -0.3 is 9.47 Å². The van der Waals surface area contributed by atoms with Gasteiger partial charge in [0.05, 0.1) is 12.4 Å². The lowest BCUT2D eigenvalue weighted by atomic mass is 10.1. The van der Waals surface area contributed by atoms with Crippen molar-refractivity contribution in [3.63, 3.8) is 0 Å². The van der Waals surface area contributed by atoms with Crippen molar-refractivity contribution in [3.05, 3.63) is 47.8 Å². The number of ether oxygens (including phenoxy) is 2. The van der Waals surface area contributed by atoms with Gasteiger partial charge in [-0.15, -0.1) is 0 Å². The predicted molar refractivity (Wildman–Crippen MR) is 96.7 cm³/mol. The van der Waals surface area contributed by atoms with Crippen LogP contribution in [0, 0.1) is 5.92 Å². The van der Waals surface area contributed by atoms with Gasteiger partial charge in [-0.2, -0.15) is 10.2 Å². The first-order chi connectivity index (χ1) is 12.6. The standard InChI is InChI=1S/C19H23N5O2/c1-4-13(2)7-18-21-19(24(22-18)15-10-20-23(3)11-15)9-14-5-6-16-17(8-14)26-12-25-16/h5-6,8,10-11,13H,4,7,9,12H2,1-3H3. The van der Waals surface area contributed by atoms with Gasteiger partial charge >= 0.3 is 0 Å². The lowest BCUT2D eigenvalue weighted by Gasteiger charge is -2.04. The van der Waals surface area contributed by atoms with E-state index in [1.807, 2.05) is 42.3 Å². The van der Waals surface area contributed by atoms with Crippen molar-refractivity contribution in [3.8, 4) is 17.2 Å². The van der Waals surface area contributed by atoms with Crippen LogP contribution in [0.4, 0.5) is 0 Å². The maximum Gasteiger partial charge on any atom is 0.231 e. The van der Waals surface area contributed by atoms with Crippen molar-refractivity contribution in [1.29, 1.82) is 0 Å². The number of hydrogen-bond acceptors (Lipinski definition) is 5. The summed E-state index contributed by atoms with van der Waals surface area (Å²) in [5.74, 6) is 3.90. The molecule has 0 spiro atoms. The molecule has 0 bridgehead atoms. The highest BCUT2D eigenvalue weighted by Crippen LogP contribution is 2.33. The first-order valence-corrected chi connectivity index (χ1v) is 8.94. The number of benzene rings is 1. The zero-order chi connectivity index (χ0) is 18.1. The first-order valence-electron chi connectivity index (χ1n) is 8.94. The van der Waals surface area contributed by atoms with Crippen LogP contribution in [0.2, 0.25) is 0 Å². The van der Waals surface area contributed by atoms with Crippen LogP contribution in [0.25, 0.3) is 5.69 Å². The minimum atomic E-state index is 0.281. The highest BCUT2D eigenvalue weighted by molar-refractivity contribution is 5.45.